The molecule has 3 heterocycles. The summed E-state index contributed by atoms with van der Waals surface area (Å²) in [7, 11) is 0. The third kappa shape index (κ3) is 3.64. The lowest BCUT2D eigenvalue weighted by Gasteiger charge is -2.37. The highest BCUT2D eigenvalue weighted by atomic mass is 32.1. The average molecular weight is 376 g/mol. The number of benzene rings is 1. The van der Waals surface area contributed by atoms with Gasteiger partial charge in [0.25, 0.3) is 0 Å². The monoisotopic (exact) mass is 376 g/mol. The molecule has 0 bridgehead atoms. The second-order valence-electron chi connectivity index (χ2n) is 6.22. The highest BCUT2D eigenvalue weighted by Gasteiger charge is 2.23. The molecule has 3 aromatic rings. The molecule has 136 valence electrons. The van der Waals surface area contributed by atoms with Gasteiger partial charge in [0, 0.05) is 32.6 Å². The van der Waals surface area contributed by atoms with Crippen LogP contribution in [0.4, 0.5) is 14.7 Å². The number of aromatic nitrogens is 3. The van der Waals surface area contributed by atoms with E-state index in [1.807, 2.05) is 4.90 Å². The summed E-state index contributed by atoms with van der Waals surface area (Å²) in [5.74, 6) is -0.158. The Balaban J connectivity index is 1.36. The summed E-state index contributed by atoms with van der Waals surface area (Å²) in [6, 6.07) is 4.61. The van der Waals surface area contributed by atoms with E-state index in [1.165, 1.54) is 35.9 Å². The molecule has 1 aliphatic heterocycles. The Morgan fingerprint density at radius 2 is 1.81 bits per heavy atom. The van der Waals surface area contributed by atoms with Crippen molar-refractivity contribution in [2.24, 2.45) is 5.73 Å². The van der Waals surface area contributed by atoms with Gasteiger partial charge in [-0.3, -0.25) is 4.90 Å². The predicted molar refractivity (Wildman–Crippen MR) is 97.0 cm³/mol. The van der Waals surface area contributed by atoms with Gasteiger partial charge in [-0.15, -0.1) is 11.3 Å². The maximum absolute atomic E-state index is 13.3. The normalized spacial score (nSPS) is 17.0. The van der Waals surface area contributed by atoms with E-state index >= 15 is 0 Å². The lowest BCUT2D eigenvalue weighted by atomic mass is 10.2. The zero-order chi connectivity index (χ0) is 18.1. The number of nitrogens with two attached hydrogens (primary N) is 1. The lowest BCUT2D eigenvalue weighted by Crippen LogP contribution is -2.54. The van der Waals surface area contributed by atoms with Gasteiger partial charge in [-0.1, -0.05) is 0 Å². The van der Waals surface area contributed by atoms with Gasteiger partial charge in [-0.2, -0.15) is 0 Å². The molecule has 9 heteroatoms. The molecular weight excluding hydrogens is 358 g/mol. The number of piperazine rings is 1. The van der Waals surface area contributed by atoms with E-state index in [9.17, 15) is 8.78 Å². The van der Waals surface area contributed by atoms with Crippen molar-refractivity contribution in [3.05, 3.63) is 47.2 Å². The minimum atomic E-state index is -0.440. The number of halogens is 2. The third-order valence-electron chi connectivity index (χ3n) is 4.45. The van der Waals surface area contributed by atoms with Crippen LogP contribution in [-0.4, -0.2) is 52.2 Å². The number of nitrogens with zero attached hydrogens (tertiary/aromatic N) is 5. The summed E-state index contributed by atoms with van der Waals surface area (Å²) < 4.78 is 27.1. The number of rotatable bonds is 4. The molecule has 1 aliphatic rings. The van der Waals surface area contributed by atoms with Crippen molar-refractivity contribution < 1.29 is 8.78 Å². The van der Waals surface area contributed by atoms with Crippen molar-refractivity contribution in [2.45, 2.75) is 12.6 Å². The summed E-state index contributed by atoms with van der Waals surface area (Å²) in [5, 5.41) is 0.905. The molecule has 6 nitrogen and oxygen atoms in total. The van der Waals surface area contributed by atoms with Gasteiger partial charge >= 0.3 is 0 Å². The summed E-state index contributed by atoms with van der Waals surface area (Å²) in [5.41, 5.74) is 7.16. The van der Waals surface area contributed by atoms with Gasteiger partial charge in [0.2, 0.25) is 5.95 Å². The van der Waals surface area contributed by atoms with Gasteiger partial charge < -0.3 is 10.6 Å². The highest BCUT2D eigenvalue weighted by molar-refractivity contribution is 7.18. The second-order valence-corrected chi connectivity index (χ2v) is 7.33. The van der Waals surface area contributed by atoms with Crippen molar-refractivity contribution in [1.82, 2.24) is 19.9 Å². The SMILES string of the molecule is NC(Cc1nc2ccc(F)cc2s1)N1CCN(c2ncc(F)cn2)CC1. The third-order valence-corrected chi connectivity index (χ3v) is 5.49. The Bertz CT molecular complexity index is 892. The van der Waals surface area contributed by atoms with Crippen LogP contribution in [0.2, 0.25) is 0 Å². The molecule has 2 aromatic heterocycles. The number of hydrogen-bond acceptors (Lipinski definition) is 7. The van der Waals surface area contributed by atoms with Crippen molar-refractivity contribution in [2.75, 3.05) is 31.1 Å². The first kappa shape index (κ1) is 17.2. The Kier molecular flexibility index (Phi) is 4.75. The lowest BCUT2D eigenvalue weighted by molar-refractivity contribution is 0.186. The maximum atomic E-state index is 13.3. The molecule has 1 fully saturated rings. The first-order chi connectivity index (χ1) is 12.6. The number of hydrogen-bond donors (Lipinski definition) is 1. The summed E-state index contributed by atoms with van der Waals surface area (Å²) >= 11 is 1.48. The van der Waals surface area contributed by atoms with Gasteiger partial charge in [0.05, 0.1) is 33.8 Å². The molecule has 0 spiro atoms. The van der Waals surface area contributed by atoms with Crippen LogP contribution in [0.25, 0.3) is 10.2 Å². The molecule has 1 saturated heterocycles. The first-order valence-corrected chi connectivity index (χ1v) is 9.17. The zero-order valence-corrected chi connectivity index (χ0v) is 14.8. The Morgan fingerprint density at radius 1 is 1.08 bits per heavy atom. The van der Waals surface area contributed by atoms with Crippen molar-refractivity contribution >= 4 is 27.5 Å². The molecule has 0 radical (unpaired) electrons. The molecule has 4 rings (SSSR count). The molecule has 1 aromatic carbocycles. The molecule has 1 unspecified atom stereocenters. The van der Waals surface area contributed by atoms with Gasteiger partial charge in [-0.25, -0.2) is 23.7 Å². The van der Waals surface area contributed by atoms with Crippen LogP contribution in [0.3, 0.4) is 0 Å². The standard InChI is InChI=1S/C17H18F2N6S/c18-11-1-2-13-14(7-11)26-16(23-13)8-15(20)24-3-5-25(6-4-24)17-21-9-12(19)10-22-17/h1-2,7,9-10,15H,3-6,8,20H2. The van der Waals surface area contributed by atoms with Gasteiger partial charge in [-0.05, 0) is 18.2 Å². The zero-order valence-electron chi connectivity index (χ0n) is 14.0. The Hall–Kier alpha value is -2.23. The van der Waals surface area contributed by atoms with Crippen molar-refractivity contribution in [1.29, 1.82) is 0 Å². The van der Waals surface area contributed by atoms with Crippen LogP contribution in [0.5, 0.6) is 0 Å². The van der Waals surface area contributed by atoms with E-state index in [4.69, 9.17) is 5.73 Å². The minimum absolute atomic E-state index is 0.156. The van der Waals surface area contributed by atoms with Crippen LogP contribution < -0.4 is 10.6 Å². The summed E-state index contributed by atoms with van der Waals surface area (Å²) in [4.78, 5) is 16.8. The van der Waals surface area contributed by atoms with E-state index in [0.29, 0.717) is 12.4 Å². The summed E-state index contributed by atoms with van der Waals surface area (Å²) in [6.07, 6.45) is 2.82. The van der Waals surface area contributed by atoms with Crippen molar-refractivity contribution in [3.8, 4) is 0 Å². The van der Waals surface area contributed by atoms with Gasteiger partial charge in [0.1, 0.15) is 5.82 Å². The van der Waals surface area contributed by atoms with E-state index in [1.54, 1.807) is 6.07 Å². The fourth-order valence-corrected chi connectivity index (χ4v) is 4.11. The van der Waals surface area contributed by atoms with E-state index in [-0.39, 0.29) is 12.0 Å². The fraction of sp³-hybridized carbons (Fsp3) is 0.353. The highest BCUT2D eigenvalue weighted by Crippen LogP contribution is 2.24. The molecule has 0 aliphatic carbocycles. The van der Waals surface area contributed by atoms with Crippen LogP contribution in [0.15, 0.2) is 30.6 Å². The number of thiazole rings is 1. The minimum Gasteiger partial charge on any atom is -0.338 e. The maximum Gasteiger partial charge on any atom is 0.225 e. The Labute approximate surface area is 153 Å². The van der Waals surface area contributed by atoms with Crippen molar-refractivity contribution in [3.63, 3.8) is 0 Å². The van der Waals surface area contributed by atoms with E-state index in [0.717, 1.165) is 41.4 Å². The quantitative estimate of drug-likeness (QED) is 0.751. The molecular formula is C17H18F2N6S. The average Bonchev–Trinajstić information content (AvgIpc) is 3.03. The van der Waals surface area contributed by atoms with E-state index < -0.39 is 5.82 Å². The topological polar surface area (TPSA) is 71.2 Å². The number of anilines is 1. The predicted octanol–water partition coefficient (Wildman–Crippen LogP) is 2.01. The van der Waals surface area contributed by atoms with E-state index in [2.05, 4.69) is 19.9 Å². The molecule has 2 N–H and O–H groups in total. The number of fused-ring (bicyclic) bond motifs is 1. The van der Waals surface area contributed by atoms with Gasteiger partial charge in [0.15, 0.2) is 5.82 Å². The second kappa shape index (κ2) is 7.18. The molecule has 0 amide bonds. The fourth-order valence-electron chi connectivity index (χ4n) is 3.06. The molecule has 26 heavy (non-hydrogen) atoms. The molecule has 0 saturated carbocycles. The first-order valence-electron chi connectivity index (χ1n) is 8.35. The van der Waals surface area contributed by atoms with Crippen LogP contribution in [0.1, 0.15) is 5.01 Å². The molecule has 1 atom stereocenters. The smallest absolute Gasteiger partial charge is 0.225 e. The van der Waals surface area contributed by atoms with Crippen LogP contribution >= 0.6 is 11.3 Å². The van der Waals surface area contributed by atoms with Crippen LogP contribution in [0, 0.1) is 11.6 Å². The largest absolute Gasteiger partial charge is 0.338 e. The summed E-state index contributed by atoms with van der Waals surface area (Å²) in [6.45, 7) is 2.98. The van der Waals surface area contributed by atoms with Crippen LogP contribution in [-0.2, 0) is 6.42 Å². The Morgan fingerprint density at radius 3 is 2.54 bits per heavy atom.